The highest BCUT2D eigenvalue weighted by Gasteiger charge is 2.34. The molecule has 31 heavy (non-hydrogen) atoms. The maximum atomic E-state index is 12.6. The Balaban J connectivity index is 1.65. The number of aliphatic carboxylic acids is 1. The van der Waals surface area contributed by atoms with E-state index < -0.39 is 18.5 Å². The molecule has 162 valence electrons. The number of carboxylic acid groups (broad SMARTS) is 1. The van der Waals surface area contributed by atoms with E-state index >= 15 is 0 Å². The molecule has 1 N–H and O–H groups in total. The van der Waals surface area contributed by atoms with Crippen molar-refractivity contribution in [1.82, 2.24) is 4.90 Å². The summed E-state index contributed by atoms with van der Waals surface area (Å²) in [4.78, 5) is 37.0. The van der Waals surface area contributed by atoms with Crippen molar-refractivity contribution in [1.29, 1.82) is 0 Å². The molecule has 1 fully saturated rings. The Bertz CT molecular complexity index is 1020. The first-order valence-electron chi connectivity index (χ1n) is 9.35. The first kappa shape index (κ1) is 22.2. The highest BCUT2D eigenvalue weighted by molar-refractivity contribution is 8.18. The first-order valence-corrected chi connectivity index (χ1v) is 10.2. The van der Waals surface area contributed by atoms with E-state index in [0.29, 0.717) is 17.1 Å². The quantitative estimate of drug-likeness (QED) is 0.587. The molecule has 0 unspecified atom stereocenters. The minimum Gasteiger partial charge on any atom is -0.493 e. The van der Waals surface area contributed by atoms with Crippen LogP contribution in [0.1, 0.15) is 11.1 Å². The first-order chi connectivity index (χ1) is 14.9. The van der Waals surface area contributed by atoms with Gasteiger partial charge in [0, 0.05) is 0 Å². The number of amides is 2. The Morgan fingerprint density at radius 2 is 1.84 bits per heavy atom. The average Bonchev–Trinajstić information content (AvgIpc) is 3.01. The van der Waals surface area contributed by atoms with Crippen molar-refractivity contribution in [3.8, 4) is 17.2 Å². The van der Waals surface area contributed by atoms with Crippen molar-refractivity contribution in [3.05, 3.63) is 58.5 Å². The van der Waals surface area contributed by atoms with Crippen molar-refractivity contribution in [2.24, 2.45) is 0 Å². The number of thioether (sulfide) groups is 1. The van der Waals surface area contributed by atoms with Gasteiger partial charge in [-0.3, -0.25) is 14.5 Å². The number of carbonyl (C=O) groups excluding carboxylic acids is 2. The second-order valence-electron chi connectivity index (χ2n) is 6.59. The predicted octanol–water partition coefficient (Wildman–Crippen LogP) is 3.58. The molecule has 2 amide bonds. The van der Waals surface area contributed by atoms with E-state index in [1.165, 1.54) is 7.11 Å². The van der Waals surface area contributed by atoms with Gasteiger partial charge in [-0.2, -0.15) is 0 Å². The van der Waals surface area contributed by atoms with E-state index in [1.54, 1.807) is 24.3 Å². The molecule has 0 atom stereocenters. The van der Waals surface area contributed by atoms with E-state index in [-0.39, 0.29) is 29.0 Å². The average molecular weight is 443 g/mol. The van der Waals surface area contributed by atoms with E-state index in [9.17, 15) is 14.4 Å². The highest BCUT2D eigenvalue weighted by atomic mass is 32.2. The number of benzene rings is 2. The predicted molar refractivity (Wildman–Crippen MR) is 115 cm³/mol. The molecule has 1 aliphatic heterocycles. The van der Waals surface area contributed by atoms with Crippen molar-refractivity contribution < 1.29 is 33.7 Å². The van der Waals surface area contributed by atoms with Crippen LogP contribution in [0.5, 0.6) is 17.2 Å². The van der Waals surface area contributed by atoms with Gasteiger partial charge in [0.1, 0.15) is 12.4 Å². The zero-order valence-electron chi connectivity index (χ0n) is 17.0. The van der Waals surface area contributed by atoms with Crippen LogP contribution in [-0.4, -0.2) is 54.0 Å². The maximum Gasteiger partial charge on any atom is 0.341 e. The number of carbonyl (C=O) groups is 3. The molecule has 8 nitrogen and oxygen atoms in total. The summed E-state index contributed by atoms with van der Waals surface area (Å²) >= 11 is 0.850. The number of rotatable bonds is 9. The van der Waals surface area contributed by atoms with Crippen LogP contribution in [-0.2, 0) is 9.59 Å². The van der Waals surface area contributed by atoms with E-state index in [2.05, 4.69) is 0 Å². The summed E-state index contributed by atoms with van der Waals surface area (Å²) in [6.45, 7) is 1.81. The monoisotopic (exact) mass is 443 g/mol. The number of carboxylic acids is 1. The summed E-state index contributed by atoms with van der Waals surface area (Å²) in [6, 6.07) is 12.3. The van der Waals surface area contributed by atoms with Gasteiger partial charge in [0.25, 0.3) is 11.1 Å². The summed E-state index contributed by atoms with van der Waals surface area (Å²) in [5.74, 6) is -0.242. The summed E-state index contributed by atoms with van der Waals surface area (Å²) in [6.07, 6.45) is 1.58. The highest BCUT2D eigenvalue weighted by Crippen LogP contribution is 2.34. The molecule has 2 aromatic carbocycles. The summed E-state index contributed by atoms with van der Waals surface area (Å²) in [5.41, 5.74) is 1.72. The molecule has 9 heteroatoms. The molecular formula is C22H21NO7S. The molecule has 3 rings (SSSR count). The Labute approximate surface area is 183 Å². The SMILES string of the molecule is COc1cc(/C=C2\SC(=O)N(CCOc3ccc(C)cc3)C2=O)ccc1OCC(=O)O. The van der Waals surface area contributed by atoms with Crippen molar-refractivity contribution in [2.75, 3.05) is 26.9 Å². The van der Waals surface area contributed by atoms with Crippen molar-refractivity contribution >= 4 is 35.0 Å². The fourth-order valence-corrected chi connectivity index (χ4v) is 3.63. The molecule has 0 saturated carbocycles. The summed E-state index contributed by atoms with van der Waals surface area (Å²) in [5, 5.41) is 8.37. The minimum atomic E-state index is -1.11. The summed E-state index contributed by atoms with van der Waals surface area (Å²) in [7, 11) is 1.43. The zero-order valence-corrected chi connectivity index (χ0v) is 17.8. The van der Waals surface area contributed by atoms with Crippen LogP contribution in [0, 0.1) is 6.92 Å². The van der Waals surface area contributed by atoms with Crippen LogP contribution in [0.15, 0.2) is 47.4 Å². The second-order valence-corrected chi connectivity index (χ2v) is 7.58. The molecule has 0 aromatic heterocycles. The van der Waals surface area contributed by atoms with Gasteiger partial charge in [-0.15, -0.1) is 0 Å². The fraction of sp³-hybridized carbons (Fsp3) is 0.227. The van der Waals surface area contributed by atoms with Crippen LogP contribution >= 0.6 is 11.8 Å². The minimum absolute atomic E-state index is 0.140. The number of aryl methyl sites for hydroxylation is 1. The fourth-order valence-electron chi connectivity index (χ4n) is 2.77. The number of hydrogen-bond donors (Lipinski definition) is 1. The third-order valence-electron chi connectivity index (χ3n) is 4.31. The molecule has 0 bridgehead atoms. The number of imide groups is 1. The van der Waals surface area contributed by atoms with E-state index in [1.807, 2.05) is 31.2 Å². The zero-order chi connectivity index (χ0) is 22.4. The Morgan fingerprint density at radius 1 is 1.10 bits per heavy atom. The Kier molecular flexibility index (Phi) is 7.19. The molecular weight excluding hydrogens is 422 g/mol. The van der Waals surface area contributed by atoms with Crippen LogP contribution in [0.2, 0.25) is 0 Å². The number of ether oxygens (including phenoxy) is 3. The number of nitrogens with zero attached hydrogens (tertiary/aromatic N) is 1. The van der Waals surface area contributed by atoms with Crippen molar-refractivity contribution in [2.45, 2.75) is 6.92 Å². The van der Waals surface area contributed by atoms with Crippen LogP contribution in [0.4, 0.5) is 4.79 Å². The molecule has 1 heterocycles. The number of methoxy groups -OCH3 is 1. The largest absolute Gasteiger partial charge is 0.493 e. The lowest BCUT2D eigenvalue weighted by Crippen LogP contribution is -2.32. The topological polar surface area (TPSA) is 102 Å². The van der Waals surface area contributed by atoms with Crippen molar-refractivity contribution in [3.63, 3.8) is 0 Å². The number of hydrogen-bond acceptors (Lipinski definition) is 7. The molecule has 1 aliphatic rings. The lowest BCUT2D eigenvalue weighted by molar-refractivity contribution is -0.139. The summed E-state index contributed by atoms with van der Waals surface area (Å²) < 4.78 is 16.0. The van der Waals surface area contributed by atoms with Crippen LogP contribution in [0.3, 0.4) is 0 Å². The van der Waals surface area contributed by atoms with Gasteiger partial charge in [0.2, 0.25) is 0 Å². The lowest BCUT2D eigenvalue weighted by atomic mass is 10.2. The van der Waals surface area contributed by atoms with Gasteiger partial charge in [0.15, 0.2) is 18.1 Å². The second kappa shape index (κ2) is 10.0. The van der Waals surface area contributed by atoms with Crippen LogP contribution < -0.4 is 14.2 Å². The molecule has 0 radical (unpaired) electrons. The normalized spacial score (nSPS) is 14.8. The van der Waals surface area contributed by atoms with Gasteiger partial charge in [-0.05, 0) is 54.6 Å². The third-order valence-corrected chi connectivity index (χ3v) is 5.22. The van der Waals surface area contributed by atoms with Gasteiger partial charge < -0.3 is 19.3 Å². The molecule has 0 spiro atoms. The maximum absolute atomic E-state index is 12.6. The Morgan fingerprint density at radius 3 is 2.52 bits per heavy atom. The van der Waals surface area contributed by atoms with Gasteiger partial charge >= 0.3 is 5.97 Å². The molecule has 0 aliphatic carbocycles. The van der Waals surface area contributed by atoms with Gasteiger partial charge in [-0.25, -0.2) is 4.79 Å². The standard InChI is InChI=1S/C22H21NO7S/c1-14-3-6-16(7-4-14)29-10-9-23-21(26)19(31-22(23)27)12-15-5-8-17(18(11-15)28-2)30-13-20(24)25/h3-8,11-12H,9-10,13H2,1-2H3,(H,24,25)/b19-12-. The van der Waals surface area contributed by atoms with E-state index in [4.69, 9.17) is 19.3 Å². The van der Waals surface area contributed by atoms with Gasteiger partial charge in [-0.1, -0.05) is 23.8 Å². The molecule has 1 saturated heterocycles. The molecule has 2 aromatic rings. The van der Waals surface area contributed by atoms with Crippen LogP contribution in [0.25, 0.3) is 6.08 Å². The lowest BCUT2D eigenvalue weighted by Gasteiger charge is -2.13. The smallest absolute Gasteiger partial charge is 0.341 e. The van der Waals surface area contributed by atoms with Gasteiger partial charge in [0.05, 0.1) is 18.6 Å². The Hall–Kier alpha value is -3.46. The third kappa shape index (κ3) is 5.79. The van der Waals surface area contributed by atoms with E-state index in [0.717, 1.165) is 22.2 Å².